The van der Waals surface area contributed by atoms with Crippen molar-refractivity contribution in [2.45, 2.75) is 13.8 Å². The van der Waals surface area contributed by atoms with Crippen LogP contribution in [0.25, 0.3) is 6.20 Å². The number of rotatable bonds is 2. The molecule has 13 heavy (non-hydrogen) atoms. The highest BCUT2D eigenvalue weighted by Gasteiger charge is 1.98. The smallest absolute Gasteiger partial charge is 0.331 e. The van der Waals surface area contributed by atoms with E-state index < -0.39 is 0 Å². The van der Waals surface area contributed by atoms with Gasteiger partial charge in [-0.15, -0.1) is 0 Å². The van der Waals surface area contributed by atoms with E-state index in [1.165, 1.54) is 13.2 Å². The number of hydrogen-bond donors (Lipinski definition) is 0. The van der Waals surface area contributed by atoms with Crippen LogP contribution in [0.4, 0.5) is 0 Å². The minimum Gasteiger partial charge on any atom is -0.466 e. The number of imidazole rings is 1. The molecule has 0 spiro atoms. The van der Waals surface area contributed by atoms with Crippen molar-refractivity contribution in [3.63, 3.8) is 0 Å². The van der Waals surface area contributed by atoms with Gasteiger partial charge >= 0.3 is 5.97 Å². The molecule has 0 amide bonds. The zero-order chi connectivity index (χ0) is 9.84. The Kier molecular flexibility index (Phi) is 2.84. The van der Waals surface area contributed by atoms with Gasteiger partial charge in [-0.1, -0.05) is 0 Å². The fraction of sp³-hybridized carbons (Fsp3) is 0.333. The molecule has 0 N–H and O–H groups in total. The van der Waals surface area contributed by atoms with Crippen LogP contribution in [-0.2, 0) is 9.53 Å². The Hall–Kier alpha value is -1.58. The van der Waals surface area contributed by atoms with Gasteiger partial charge in [0, 0.05) is 18.0 Å². The predicted octanol–water partition coefficient (Wildman–Crippen LogP) is 1.14. The minimum absolute atomic E-state index is 0.370. The molecule has 0 fully saturated rings. The van der Waals surface area contributed by atoms with E-state index in [9.17, 15) is 4.79 Å². The van der Waals surface area contributed by atoms with Crippen molar-refractivity contribution in [3.8, 4) is 0 Å². The quantitative estimate of drug-likeness (QED) is 0.506. The third kappa shape index (κ3) is 2.18. The van der Waals surface area contributed by atoms with E-state index in [0.717, 1.165) is 11.4 Å². The predicted molar refractivity (Wildman–Crippen MR) is 49.0 cm³/mol. The number of aromatic nitrogens is 2. The van der Waals surface area contributed by atoms with Crippen molar-refractivity contribution in [1.82, 2.24) is 9.55 Å². The SMILES string of the molecule is COC(=O)/C=C/n1cnc(C)c1C. The van der Waals surface area contributed by atoms with Gasteiger partial charge in [0.05, 0.1) is 19.1 Å². The summed E-state index contributed by atoms with van der Waals surface area (Å²) in [5.74, 6) is -0.370. The molecule has 0 atom stereocenters. The van der Waals surface area contributed by atoms with Crippen LogP contribution < -0.4 is 0 Å². The molecule has 1 aromatic rings. The molecule has 4 nitrogen and oxygen atoms in total. The average molecular weight is 180 g/mol. The maximum Gasteiger partial charge on any atom is 0.331 e. The molecular weight excluding hydrogens is 168 g/mol. The van der Waals surface area contributed by atoms with Crippen molar-refractivity contribution in [2.24, 2.45) is 0 Å². The zero-order valence-electron chi connectivity index (χ0n) is 7.94. The molecule has 1 heterocycles. The second kappa shape index (κ2) is 3.89. The molecule has 0 saturated carbocycles. The molecule has 70 valence electrons. The van der Waals surface area contributed by atoms with Gasteiger partial charge in [-0.25, -0.2) is 9.78 Å². The lowest BCUT2D eigenvalue weighted by atomic mass is 10.4. The standard InChI is InChI=1S/C9H12N2O2/c1-7-8(2)11(6-10-7)5-4-9(12)13-3/h4-6H,1-3H3/b5-4+. The van der Waals surface area contributed by atoms with Crippen molar-refractivity contribution >= 4 is 12.2 Å². The van der Waals surface area contributed by atoms with E-state index in [1.807, 2.05) is 13.8 Å². The fourth-order valence-electron chi connectivity index (χ4n) is 0.875. The first-order chi connectivity index (χ1) is 6.15. The second-order valence-corrected chi connectivity index (χ2v) is 2.66. The summed E-state index contributed by atoms with van der Waals surface area (Å²) in [6, 6.07) is 0. The lowest BCUT2D eigenvalue weighted by Crippen LogP contribution is -1.96. The number of aryl methyl sites for hydroxylation is 1. The van der Waals surface area contributed by atoms with E-state index in [4.69, 9.17) is 0 Å². The second-order valence-electron chi connectivity index (χ2n) is 2.66. The minimum atomic E-state index is -0.370. The van der Waals surface area contributed by atoms with Gasteiger partial charge in [-0.05, 0) is 13.8 Å². The summed E-state index contributed by atoms with van der Waals surface area (Å²) >= 11 is 0. The summed E-state index contributed by atoms with van der Waals surface area (Å²) < 4.78 is 6.23. The molecule has 0 bridgehead atoms. The number of ether oxygens (including phenoxy) is 1. The summed E-state index contributed by atoms with van der Waals surface area (Å²) in [4.78, 5) is 14.8. The Morgan fingerprint density at radius 3 is 2.77 bits per heavy atom. The van der Waals surface area contributed by atoms with Crippen LogP contribution in [0.5, 0.6) is 0 Å². The molecule has 0 aliphatic rings. The first kappa shape index (κ1) is 9.51. The lowest BCUT2D eigenvalue weighted by Gasteiger charge is -1.96. The number of methoxy groups -OCH3 is 1. The molecule has 0 aromatic carbocycles. The van der Waals surface area contributed by atoms with Gasteiger partial charge in [0.2, 0.25) is 0 Å². The third-order valence-corrected chi connectivity index (χ3v) is 1.86. The van der Waals surface area contributed by atoms with Crippen LogP contribution in [-0.4, -0.2) is 22.6 Å². The van der Waals surface area contributed by atoms with E-state index in [-0.39, 0.29) is 5.97 Å². The lowest BCUT2D eigenvalue weighted by molar-refractivity contribution is -0.134. The van der Waals surface area contributed by atoms with Crippen LogP contribution in [0.2, 0.25) is 0 Å². The fourth-order valence-corrected chi connectivity index (χ4v) is 0.875. The van der Waals surface area contributed by atoms with E-state index >= 15 is 0 Å². The van der Waals surface area contributed by atoms with Crippen LogP contribution in [0.3, 0.4) is 0 Å². The summed E-state index contributed by atoms with van der Waals surface area (Å²) in [5, 5.41) is 0. The highest BCUT2D eigenvalue weighted by molar-refractivity contribution is 5.84. The summed E-state index contributed by atoms with van der Waals surface area (Å²) in [7, 11) is 1.35. The number of carbonyl (C=O) groups excluding carboxylic acids is 1. The van der Waals surface area contributed by atoms with Crippen LogP contribution >= 0.6 is 0 Å². The number of nitrogens with zero attached hydrogens (tertiary/aromatic N) is 2. The topological polar surface area (TPSA) is 44.1 Å². The van der Waals surface area contributed by atoms with Gasteiger partial charge < -0.3 is 9.30 Å². The molecule has 0 radical (unpaired) electrons. The normalized spacial score (nSPS) is 10.7. The number of esters is 1. The Balaban J connectivity index is 2.80. The molecule has 0 unspecified atom stereocenters. The van der Waals surface area contributed by atoms with Gasteiger partial charge in [0.15, 0.2) is 0 Å². The number of hydrogen-bond acceptors (Lipinski definition) is 3. The number of carbonyl (C=O) groups is 1. The van der Waals surface area contributed by atoms with Crippen molar-refractivity contribution in [1.29, 1.82) is 0 Å². The first-order valence-electron chi connectivity index (χ1n) is 3.91. The largest absolute Gasteiger partial charge is 0.466 e. The van der Waals surface area contributed by atoms with Gasteiger partial charge in [-0.3, -0.25) is 0 Å². The highest BCUT2D eigenvalue weighted by Crippen LogP contribution is 2.04. The summed E-state index contributed by atoms with van der Waals surface area (Å²) in [6.07, 6.45) is 4.64. The van der Waals surface area contributed by atoms with Crippen molar-refractivity contribution in [2.75, 3.05) is 7.11 Å². The maximum absolute atomic E-state index is 10.8. The average Bonchev–Trinajstić information content (AvgIpc) is 2.44. The van der Waals surface area contributed by atoms with Gasteiger partial charge in [0.25, 0.3) is 0 Å². The van der Waals surface area contributed by atoms with Crippen LogP contribution in [0.15, 0.2) is 12.4 Å². The first-order valence-corrected chi connectivity index (χ1v) is 3.91. The van der Waals surface area contributed by atoms with Gasteiger partial charge in [0.1, 0.15) is 0 Å². The maximum atomic E-state index is 10.8. The van der Waals surface area contributed by atoms with E-state index in [1.54, 1.807) is 17.1 Å². The van der Waals surface area contributed by atoms with Crippen LogP contribution in [0, 0.1) is 13.8 Å². The zero-order valence-corrected chi connectivity index (χ0v) is 7.94. The van der Waals surface area contributed by atoms with E-state index in [0.29, 0.717) is 0 Å². The Morgan fingerprint density at radius 1 is 1.62 bits per heavy atom. The molecule has 1 rings (SSSR count). The monoisotopic (exact) mass is 180 g/mol. The van der Waals surface area contributed by atoms with Crippen molar-refractivity contribution < 1.29 is 9.53 Å². The van der Waals surface area contributed by atoms with Crippen LogP contribution in [0.1, 0.15) is 11.4 Å². The van der Waals surface area contributed by atoms with E-state index in [2.05, 4.69) is 9.72 Å². The Labute approximate surface area is 76.8 Å². The Morgan fingerprint density at radius 2 is 2.31 bits per heavy atom. The van der Waals surface area contributed by atoms with Crippen molar-refractivity contribution in [3.05, 3.63) is 23.8 Å². The molecule has 0 saturated heterocycles. The highest BCUT2D eigenvalue weighted by atomic mass is 16.5. The molecular formula is C9H12N2O2. The summed E-state index contributed by atoms with van der Waals surface area (Å²) in [5.41, 5.74) is 1.97. The third-order valence-electron chi connectivity index (χ3n) is 1.86. The molecule has 4 heteroatoms. The molecule has 0 aliphatic heterocycles. The molecule has 1 aromatic heterocycles. The summed E-state index contributed by atoms with van der Waals surface area (Å²) in [6.45, 7) is 3.85. The Bertz CT molecular complexity index is 339. The molecule has 0 aliphatic carbocycles. The van der Waals surface area contributed by atoms with Gasteiger partial charge in [-0.2, -0.15) is 0 Å².